The van der Waals surface area contributed by atoms with E-state index in [9.17, 15) is 9.59 Å². The van der Waals surface area contributed by atoms with Gasteiger partial charge in [-0.15, -0.1) is 6.58 Å². The first-order valence-electron chi connectivity index (χ1n) is 11.5. The van der Waals surface area contributed by atoms with Crippen molar-refractivity contribution in [2.75, 3.05) is 32.7 Å². The summed E-state index contributed by atoms with van der Waals surface area (Å²) in [7, 11) is 0. The number of rotatable bonds is 7. The molecular formula is C26H32N4O2. The number of amides is 2. The molecule has 2 aromatic rings. The Morgan fingerprint density at radius 1 is 1.16 bits per heavy atom. The lowest BCUT2D eigenvalue weighted by molar-refractivity contribution is -0.153. The third-order valence-corrected chi connectivity index (χ3v) is 6.61. The van der Waals surface area contributed by atoms with Gasteiger partial charge in [-0.3, -0.25) is 19.5 Å². The molecule has 2 atom stereocenters. The van der Waals surface area contributed by atoms with Gasteiger partial charge in [-0.2, -0.15) is 0 Å². The summed E-state index contributed by atoms with van der Waals surface area (Å²) in [5.41, 5.74) is 3.13. The molecule has 2 aliphatic rings. The van der Waals surface area contributed by atoms with E-state index in [1.165, 1.54) is 0 Å². The zero-order chi connectivity index (χ0) is 22.5. The highest BCUT2D eigenvalue weighted by Gasteiger charge is 2.39. The molecule has 6 nitrogen and oxygen atoms in total. The SMILES string of the molecule is C=CCN1CCN(C(=O)[C@@H](C)N2CCCC2)[C@@H](Cc2cccc(-c3cccnc3)c2)C1=O. The molecule has 0 saturated carbocycles. The standard InChI is InChI=1S/C26H32N4O2/c1-3-12-29-15-16-30(25(31)20(2)28-13-4-5-14-28)24(26(29)32)18-21-8-6-9-22(17-21)23-10-7-11-27-19-23/h3,6-11,17,19-20,24H,1,4-5,12-16,18H2,2H3/t20-,24+/m1/s1. The summed E-state index contributed by atoms with van der Waals surface area (Å²) in [6, 6.07) is 11.4. The zero-order valence-corrected chi connectivity index (χ0v) is 18.8. The van der Waals surface area contributed by atoms with Crippen LogP contribution >= 0.6 is 0 Å². The number of nitrogens with zero attached hydrogens (tertiary/aromatic N) is 4. The Morgan fingerprint density at radius 3 is 2.66 bits per heavy atom. The van der Waals surface area contributed by atoms with Crippen LogP contribution in [0.5, 0.6) is 0 Å². The minimum absolute atomic E-state index is 0.00454. The van der Waals surface area contributed by atoms with E-state index in [1.54, 1.807) is 12.3 Å². The monoisotopic (exact) mass is 432 g/mol. The van der Waals surface area contributed by atoms with Gasteiger partial charge in [0.2, 0.25) is 11.8 Å². The summed E-state index contributed by atoms with van der Waals surface area (Å²) in [5, 5.41) is 0. The number of carbonyl (C=O) groups excluding carboxylic acids is 2. The number of piperazine rings is 1. The lowest BCUT2D eigenvalue weighted by Gasteiger charge is -2.42. The third-order valence-electron chi connectivity index (χ3n) is 6.61. The third kappa shape index (κ3) is 4.75. The number of aromatic nitrogens is 1. The van der Waals surface area contributed by atoms with Gasteiger partial charge in [-0.25, -0.2) is 0 Å². The average molecular weight is 433 g/mol. The maximum Gasteiger partial charge on any atom is 0.246 e. The summed E-state index contributed by atoms with van der Waals surface area (Å²) in [6.07, 6.45) is 8.11. The normalized spacial score (nSPS) is 20.4. The number of benzene rings is 1. The van der Waals surface area contributed by atoms with Crippen LogP contribution in [0.1, 0.15) is 25.3 Å². The second-order valence-corrected chi connectivity index (χ2v) is 8.69. The van der Waals surface area contributed by atoms with Gasteiger partial charge in [-0.1, -0.05) is 36.4 Å². The molecule has 0 unspecified atom stereocenters. The molecule has 0 N–H and O–H groups in total. The summed E-state index contributed by atoms with van der Waals surface area (Å²) >= 11 is 0. The van der Waals surface area contributed by atoms with E-state index >= 15 is 0 Å². The van der Waals surface area contributed by atoms with Gasteiger partial charge >= 0.3 is 0 Å². The first kappa shape index (κ1) is 22.2. The minimum Gasteiger partial charge on any atom is -0.335 e. The van der Waals surface area contributed by atoms with Gasteiger partial charge in [0.05, 0.1) is 6.04 Å². The van der Waals surface area contributed by atoms with Crippen molar-refractivity contribution in [1.82, 2.24) is 19.7 Å². The van der Waals surface area contributed by atoms with Crippen molar-refractivity contribution in [1.29, 1.82) is 0 Å². The Morgan fingerprint density at radius 2 is 1.94 bits per heavy atom. The molecular weight excluding hydrogens is 400 g/mol. The molecule has 2 aliphatic heterocycles. The molecule has 4 rings (SSSR count). The fourth-order valence-electron chi connectivity index (χ4n) is 4.80. The highest BCUT2D eigenvalue weighted by molar-refractivity contribution is 5.91. The second-order valence-electron chi connectivity index (χ2n) is 8.69. The van der Waals surface area contributed by atoms with E-state index in [0.29, 0.717) is 26.1 Å². The molecule has 6 heteroatoms. The van der Waals surface area contributed by atoms with Crippen LogP contribution in [0, 0.1) is 0 Å². The predicted octanol–water partition coefficient (Wildman–Crippen LogP) is 3.00. The first-order valence-corrected chi connectivity index (χ1v) is 11.5. The maximum atomic E-state index is 13.5. The second kappa shape index (κ2) is 10.1. The van der Waals surface area contributed by atoms with Crippen molar-refractivity contribution in [3.8, 4) is 11.1 Å². The van der Waals surface area contributed by atoms with Gasteiger partial charge in [0, 0.05) is 38.4 Å². The molecule has 168 valence electrons. The van der Waals surface area contributed by atoms with Crippen molar-refractivity contribution in [2.24, 2.45) is 0 Å². The van der Waals surface area contributed by atoms with E-state index in [-0.39, 0.29) is 17.9 Å². The number of carbonyl (C=O) groups is 2. The van der Waals surface area contributed by atoms with Crippen molar-refractivity contribution in [2.45, 2.75) is 38.3 Å². The topological polar surface area (TPSA) is 56.8 Å². The van der Waals surface area contributed by atoms with Crippen LogP contribution in [0.15, 0.2) is 61.4 Å². The van der Waals surface area contributed by atoms with E-state index in [0.717, 1.165) is 42.6 Å². The Labute approximate surface area is 190 Å². The molecule has 2 fully saturated rings. The minimum atomic E-state index is -0.495. The fourth-order valence-corrected chi connectivity index (χ4v) is 4.80. The van der Waals surface area contributed by atoms with E-state index in [1.807, 2.05) is 53.3 Å². The molecule has 0 radical (unpaired) electrons. The highest BCUT2D eigenvalue weighted by atomic mass is 16.2. The predicted molar refractivity (Wildman–Crippen MR) is 126 cm³/mol. The van der Waals surface area contributed by atoms with Crippen LogP contribution in [0.25, 0.3) is 11.1 Å². The lowest BCUT2D eigenvalue weighted by Crippen LogP contribution is -2.62. The van der Waals surface area contributed by atoms with Crippen molar-refractivity contribution >= 4 is 11.8 Å². The van der Waals surface area contributed by atoms with Crippen LogP contribution < -0.4 is 0 Å². The number of hydrogen-bond acceptors (Lipinski definition) is 4. The molecule has 2 saturated heterocycles. The lowest BCUT2D eigenvalue weighted by atomic mass is 9.97. The molecule has 3 heterocycles. The zero-order valence-electron chi connectivity index (χ0n) is 18.8. The van der Waals surface area contributed by atoms with E-state index in [2.05, 4.69) is 22.5 Å². The summed E-state index contributed by atoms with van der Waals surface area (Å²) < 4.78 is 0. The highest BCUT2D eigenvalue weighted by Crippen LogP contribution is 2.24. The van der Waals surface area contributed by atoms with Crippen molar-refractivity contribution < 1.29 is 9.59 Å². The smallest absolute Gasteiger partial charge is 0.246 e. The van der Waals surface area contributed by atoms with E-state index < -0.39 is 6.04 Å². The molecule has 0 spiro atoms. The van der Waals surface area contributed by atoms with Gasteiger partial charge < -0.3 is 9.80 Å². The first-order chi connectivity index (χ1) is 15.6. The number of pyridine rings is 1. The quantitative estimate of drug-likeness (QED) is 0.631. The van der Waals surface area contributed by atoms with Gasteiger partial charge in [0.1, 0.15) is 6.04 Å². The summed E-state index contributed by atoms with van der Waals surface area (Å²) in [5.74, 6) is 0.0665. The summed E-state index contributed by atoms with van der Waals surface area (Å²) in [4.78, 5) is 36.9. The molecule has 1 aromatic heterocycles. The van der Waals surface area contributed by atoms with Gasteiger partial charge in [0.25, 0.3) is 0 Å². The molecule has 32 heavy (non-hydrogen) atoms. The molecule has 1 aromatic carbocycles. The average Bonchev–Trinajstić information content (AvgIpc) is 3.37. The molecule has 0 aliphatic carbocycles. The molecule has 2 amide bonds. The van der Waals surface area contributed by atoms with Crippen LogP contribution in [0.2, 0.25) is 0 Å². The van der Waals surface area contributed by atoms with Crippen molar-refractivity contribution in [3.05, 3.63) is 67.0 Å². The Hall–Kier alpha value is -2.99. The number of likely N-dealkylation sites (tertiary alicyclic amines) is 1. The Kier molecular flexibility index (Phi) is 7.00. The van der Waals surface area contributed by atoms with Crippen LogP contribution in [-0.4, -0.2) is 76.3 Å². The van der Waals surface area contributed by atoms with E-state index in [4.69, 9.17) is 0 Å². The van der Waals surface area contributed by atoms with Gasteiger partial charge in [0.15, 0.2) is 0 Å². The Balaban J connectivity index is 1.58. The number of hydrogen-bond donors (Lipinski definition) is 0. The van der Waals surface area contributed by atoms with Crippen molar-refractivity contribution in [3.63, 3.8) is 0 Å². The maximum absolute atomic E-state index is 13.5. The summed E-state index contributed by atoms with van der Waals surface area (Å²) in [6.45, 7) is 9.30. The fraction of sp³-hybridized carbons (Fsp3) is 0.423. The van der Waals surface area contributed by atoms with Crippen LogP contribution in [0.3, 0.4) is 0 Å². The van der Waals surface area contributed by atoms with Gasteiger partial charge in [-0.05, 0) is 55.6 Å². The molecule has 0 bridgehead atoms. The largest absolute Gasteiger partial charge is 0.335 e. The van der Waals surface area contributed by atoms with Crippen LogP contribution in [0.4, 0.5) is 0 Å². The van der Waals surface area contributed by atoms with Crippen LogP contribution in [-0.2, 0) is 16.0 Å². The Bertz CT molecular complexity index is 955.